The first-order valence-corrected chi connectivity index (χ1v) is 17.5. The van der Waals surface area contributed by atoms with Crippen LogP contribution in [0.4, 0.5) is 0 Å². The molecule has 2 heteroatoms. The number of rotatable bonds is 3. The normalized spacial score (nSPS) is 12.0. The van der Waals surface area contributed by atoms with Gasteiger partial charge >= 0.3 is 0 Å². The van der Waals surface area contributed by atoms with Crippen LogP contribution in [0.2, 0.25) is 0 Å². The molecule has 236 valence electrons. The van der Waals surface area contributed by atoms with Gasteiger partial charge in [-0.15, -0.1) is 0 Å². The van der Waals surface area contributed by atoms with E-state index in [0.29, 0.717) is 0 Å². The van der Waals surface area contributed by atoms with Gasteiger partial charge in [-0.05, 0) is 114 Å². The molecule has 9 aromatic carbocycles. The van der Waals surface area contributed by atoms with Crippen molar-refractivity contribution in [1.29, 1.82) is 0 Å². The average Bonchev–Trinajstić information content (AvgIpc) is 3.54. The molecule has 0 saturated carbocycles. The highest BCUT2D eigenvalue weighted by Gasteiger charge is 2.19. The van der Waals surface area contributed by atoms with Gasteiger partial charge in [0.2, 0.25) is 0 Å². The quantitative estimate of drug-likeness (QED) is 0.175. The maximum atomic E-state index is 14.1. The zero-order chi connectivity index (χ0) is 33.6. The fourth-order valence-corrected chi connectivity index (χ4v) is 8.53. The number of fused-ring (bicyclic) bond motifs is 11. The molecule has 2 nitrogen and oxygen atoms in total. The second-order valence-electron chi connectivity index (χ2n) is 13.6. The summed E-state index contributed by atoms with van der Waals surface area (Å²) in [7, 11) is 0. The zero-order valence-electron chi connectivity index (χ0n) is 27.6. The van der Waals surface area contributed by atoms with Crippen LogP contribution in [-0.2, 0) is 0 Å². The van der Waals surface area contributed by atoms with E-state index in [1.807, 2.05) is 28.7 Å². The largest absolute Gasteiger partial charge is 0.275 e. The van der Waals surface area contributed by atoms with Crippen molar-refractivity contribution in [2.24, 2.45) is 0 Å². The summed E-state index contributed by atoms with van der Waals surface area (Å²) >= 11 is 0. The molecule has 2 aromatic heterocycles. The van der Waals surface area contributed by atoms with Crippen LogP contribution in [0.15, 0.2) is 181 Å². The lowest BCUT2D eigenvalue weighted by molar-refractivity contribution is 1.21. The molecule has 0 unspecified atom stereocenters. The van der Waals surface area contributed by atoms with Crippen LogP contribution >= 0.6 is 0 Å². The molecule has 0 bridgehead atoms. The molecule has 51 heavy (non-hydrogen) atoms. The predicted octanol–water partition coefficient (Wildman–Crippen LogP) is 12.7. The molecule has 0 fully saturated rings. The average molecular weight is 648 g/mol. The molecule has 0 aliphatic carbocycles. The number of hydrogen-bond donors (Lipinski definition) is 0. The highest BCUT2D eigenvalue weighted by molar-refractivity contribution is 6.26. The van der Waals surface area contributed by atoms with E-state index >= 15 is 0 Å². The van der Waals surface area contributed by atoms with Crippen molar-refractivity contribution >= 4 is 70.3 Å². The third kappa shape index (κ3) is 4.08. The molecular weight excluding hydrogens is 619 g/mol. The molecule has 11 rings (SSSR count). The van der Waals surface area contributed by atoms with Crippen LogP contribution in [0.1, 0.15) is 0 Å². The summed E-state index contributed by atoms with van der Waals surface area (Å²) in [4.78, 5) is 14.1. The van der Waals surface area contributed by atoms with E-state index in [4.69, 9.17) is 0 Å². The van der Waals surface area contributed by atoms with Gasteiger partial charge < -0.3 is 0 Å². The summed E-state index contributed by atoms with van der Waals surface area (Å²) in [6, 6.07) is 62.8. The fourth-order valence-electron chi connectivity index (χ4n) is 8.53. The number of aromatic nitrogens is 1. The van der Waals surface area contributed by atoms with Crippen LogP contribution in [-0.4, -0.2) is 4.40 Å². The van der Waals surface area contributed by atoms with Crippen molar-refractivity contribution in [3.63, 3.8) is 0 Å². The zero-order valence-corrected chi connectivity index (χ0v) is 27.6. The number of pyridine rings is 1. The second kappa shape index (κ2) is 10.6. The van der Waals surface area contributed by atoms with Gasteiger partial charge in [-0.2, -0.15) is 0 Å². The minimum Gasteiger partial charge on any atom is -0.275 e. The lowest BCUT2D eigenvalue weighted by Crippen LogP contribution is -2.12. The first-order chi connectivity index (χ1) is 25.2. The Balaban J connectivity index is 1.12. The Hall–Kier alpha value is -6.77. The van der Waals surface area contributed by atoms with Crippen molar-refractivity contribution < 1.29 is 0 Å². The third-order valence-corrected chi connectivity index (χ3v) is 10.9. The van der Waals surface area contributed by atoms with E-state index in [-0.39, 0.29) is 5.56 Å². The molecule has 2 heterocycles. The molecule has 0 aliphatic rings. The molecule has 0 spiro atoms. The van der Waals surface area contributed by atoms with Crippen LogP contribution in [0, 0.1) is 0 Å². The first kappa shape index (κ1) is 28.1. The Labute approximate surface area is 293 Å². The van der Waals surface area contributed by atoms with Gasteiger partial charge in [-0.1, -0.05) is 133 Å². The monoisotopic (exact) mass is 647 g/mol. The van der Waals surface area contributed by atoms with Gasteiger partial charge in [0.1, 0.15) is 0 Å². The van der Waals surface area contributed by atoms with Gasteiger partial charge in [-0.25, -0.2) is 0 Å². The summed E-state index contributed by atoms with van der Waals surface area (Å²) in [5, 5.41) is 12.7. The highest BCUT2D eigenvalue weighted by atomic mass is 16.1. The van der Waals surface area contributed by atoms with Crippen molar-refractivity contribution in [1.82, 2.24) is 4.40 Å². The predicted molar refractivity (Wildman–Crippen MR) is 216 cm³/mol. The number of hydrogen-bond acceptors (Lipinski definition) is 1. The van der Waals surface area contributed by atoms with Crippen LogP contribution in [0.5, 0.6) is 0 Å². The summed E-state index contributed by atoms with van der Waals surface area (Å²) < 4.78 is 1.93. The molecule has 0 saturated heterocycles. The Bertz CT molecular complexity index is 3230. The SMILES string of the molecule is O=c1c2ccccc2c2cc(-c3ccccc3)cc3c4cc(-c5cccc(-c6ccc7c8ccccc8c8ccccc8c7c6)c5)ccc4n1c23. The van der Waals surface area contributed by atoms with Crippen LogP contribution < -0.4 is 5.56 Å². The first-order valence-electron chi connectivity index (χ1n) is 17.5. The third-order valence-electron chi connectivity index (χ3n) is 10.9. The van der Waals surface area contributed by atoms with E-state index in [9.17, 15) is 4.79 Å². The Morgan fingerprint density at radius 3 is 1.35 bits per heavy atom. The topological polar surface area (TPSA) is 21.5 Å². The van der Waals surface area contributed by atoms with Crippen molar-refractivity contribution in [2.75, 3.05) is 0 Å². The maximum Gasteiger partial charge on any atom is 0.263 e. The standard InChI is InChI=1S/C49H29NO/c51-49-42-20-9-8-19-40(42)45-28-35(30-11-2-1-3-12-30)29-46-44-27-34(22-24-47(44)50(49)48(45)46)32-14-10-13-31(25-32)33-21-23-41-38-17-5-4-15-36(38)37-16-6-7-18-39(37)43(41)26-33/h1-29H. The molecule has 0 atom stereocenters. The fraction of sp³-hybridized carbons (Fsp3) is 0. The maximum absolute atomic E-state index is 14.1. The van der Waals surface area contributed by atoms with Crippen molar-refractivity contribution in [3.8, 4) is 33.4 Å². The smallest absolute Gasteiger partial charge is 0.263 e. The summed E-state index contributed by atoms with van der Waals surface area (Å²) in [6.45, 7) is 0. The lowest BCUT2D eigenvalue weighted by atomic mass is 9.91. The summed E-state index contributed by atoms with van der Waals surface area (Å²) in [6.07, 6.45) is 0. The van der Waals surface area contributed by atoms with E-state index < -0.39 is 0 Å². The summed E-state index contributed by atoms with van der Waals surface area (Å²) in [5.74, 6) is 0. The van der Waals surface area contributed by atoms with Gasteiger partial charge in [0, 0.05) is 21.5 Å². The van der Waals surface area contributed by atoms with Gasteiger partial charge in [-0.3, -0.25) is 9.20 Å². The minimum absolute atomic E-state index is 0.0249. The molecule has 11 aromatic rings. The van der Waals surface area contributed by atoms with E-state index in [1.165, 1.54) is 43.4 Å². The molecule has 0 aliphatic heterocycles. The van der Waals surface area contributed by atoms with Crippen molar-refractivity contribution in [3.05, 3.63) is 186 Å². The minimum atomic E-state index is 0.0249. The van der Waals surface area contributed by atoms with E-state index in [2.05, 4.69) is 152 Å². The number of nitrogens with zero attached hydrogens (tertiary/aromatic N) is 1. The Morgan fingerprint density at radius 1 is 0.275 bits per heavy atom. The lowest BCUT2D eigenvalue weighted by Gasteiger charge is -2.12. The van der Waals surface area contributed by atoms with Gasteiger partial charge in [0.25, 0.3) is 5.56 Å². The summed E-state index contributed by atoms with van der Waals surface area (Å²) in [5.41, 5.74) is 8.87. The van der Waals surface area contributed by atoms with E-state index in [1.54, 1.807) is 0 Å². The number of benzene rings is 9. The molecule has 0 radical (unpaired) electrons. The van der Waals surface area contributed by atoms with Gasteiger partial charge in [0.15, 0.2) is 0 Å². The Kier molecular flexibility index (Phi) is 5.85. The van der Waals surface area contributed by atoms with E-state index in [0.717, 1.165) is 60.2 Å². The molecular formula is C49H29NO. The van der Waals surface area contributed by atoms with Crippen molar-refractivity contribution in [2.45, 2.75) is 0 Å². The molecule has 0 amide bonds. The highest BCUT2D eigenvalue weighted by Crippen LogP contribution is 2.41. The Morgan fingerprint density at radius 2 is 0.706 bits per heavy atom. The molecule has 0 N–H and O–H groups in total. The second-order valence-corrected chi connectivity index (χ2v) is 13.6. The van der Waals surface area contributed by atoms with Crippen LogP contribution in [0.3, 0.4) is 0 Å². The van der Waals surface area contributed by atoms with Crippen LogP contribution in [0.25, 0.3) is 104 Å². The van der Waals surface area contributed by atoms with Gasteiger partial charge in [0.05, 0.1) is 11.0 Å².